The van der Waals surface area contributed by atoms with E-state index in [9.17, 15) is 19.5 Å². The van der Waals surface area contributed by atoms with Gasteiger partial charge in [-0.05, 0) is 51.4 Å². The zero-order valence-electron chi connectivity index (χ0n) is 49.2. The van der Waals surface area contributed by atoms with Crippen LogP contribution in [0.15, 0.2) is 48.6 Å². The Kier molecular flexibility index (Phi) is 54.4. The fourth-order valence-electron chi connectivity index (χ4n) is 9.06. The monoisotopic (exact) mass is 1040 g/mol. The minimum atomic E-state index is -1.62. The number of esters is 2. The molecule has 0 fully saturated rings. The van der Waals surface area contributed by atoms with Crippen molar-refractivity contribution >= 4 is 17.9 Å². The molecule has 0 spiro atoms. The van der Waals surface area contributed by atoms with Crippen LogP contribution in [0, 0.1) is 0 Å². The Hall–Kier alpha value is -2.75. The molecular formula is C65H119NO8. The van der Waals surface area contributed by atoms with E-state index in [1.54, 1.807) is 0 Å². The zero-order chi connectivity index (χ0) is 54.1. The molecule has 0 rings (SSSR count). The Labute approximate surface area is 457 Å². The molecule has 0 radical (unpaired) electrons. The van der Waals surface area contributed by atoms with Gasteiger partial charge >= 0.3 is 11.9 Å². The van der Waals surface area contributed by atoms with E-state index in [0.717, 1.165) is 70.6 Å². The lowest BCUT2D eigenvalue weighted by molar-refractivity contribution is -0.870. The molecule has 2 unspecified atom stereocenters. The Morgan fingerprint density at radius 1 is 0.419 bits per heavy atom. The average Bonchev–Trinajstić information content (AvgIpc) is 3.37. The second-order valence-electron chi connectivity index (χ2n) is 22.3. The maximum atomic E-state index is 12.9. The van der Waals surface area contributed by atoms with Crippen LogP contribution in [0.3, 0.4) is 0 Å². The number of carboxylic acids is 1. The van der Waals surface area contributed by atoms with Crippen molar-refractivity contribution in [3.63, 3.8) is 0 Å². The van der Waals surface area contributed by atoms with E-state index in [1.807, 2.05) is 21.1 Å². The molecule has 74 heavy (non-hydrogen) atoms. The first kappa shape index (κ1) is 71.2. The molecule has 0 aromatic rings. The van der Waals surface area contributed by atoms with E-state index in [0.29, 0.717) is 23.9 Å². The fourth-order valence-corrected chi connectivity index (χ4v) is 9.06. The topological polar surface area (TPSA) is 111 Å². The lowest BCUT2D eigenvalue weighted by Crippen LogP contribution is -2.44. The van der Waals surface area contributed by atoms with Crippen molar-refractivity contribution in [3.8, 4) is 0 Å². The molecule has 0 aromatic heterocycles. The Balaban J connectivity index is 4.16. The molecule has 2 atom stereocenters. The zero-order valence-corrected chi connectivity index (χ0v) is 49.2. The molecule has 0 aliphatic carbocycles. The molecule has 0 bridgehead atoms. The first-order valence-corrected chi connectivity index (χ1v) is 31.3. The van der Waals surface area contributed by atoms with Crippen LogP contribution in [0.25, 0.3) is 0 Å². The van der Waals surface area contributed by atoms with E-state index in [4.69, 9.17) is 18.9 Å². The van der Waals surface area contributed by atoms with Gasteiger partial charge in [0.2, 0.25) is 0 Å². The third-order valence-electron chi connectivity index (χ3n) is 13.8. The Morgan fingerprint density at radius 2 is 0.770 bits per heavy atom. The van der Waals surface area contributed by atoms with Crippen LogP contribution in [0.4, 0.5) is 0 Å². The van der Waals surface area contributed by atoms with Crippen molar-refractivity contribution in [2.45, 2.75) is 302 Å². The molecule has 432 valence electrons. The van der Waals surface area contributed by atoms with Gasteiger partial charge in [-0.2, -0.15) is 0 Å². The standard InChI is InChI=1S/C65H119NO8/c1-6-8-10-12-14-16-18-20-22-24-26-28-30-31-32-34-35-37-39-41-43-45-47-49-51-53-55-62(67)72-59-61(60-73-65(64(69)70)71-58-57-66(3,4)5)74-63(68)56-54-52-50-48-46-44-42-40-38-36-33-29-27-25-23-21-19-17-15-13-11-9-7-2/h9,11,15,17,21,23,27,29,61,65H,6-8,10,12-14,16,18-20,22,24-26,28,30-60H2,1-5H3/b11-9-,17-15-,23-21-,29-27-. The lowest BCUT2D eigenvalue weighted by Gasteiger charge is -2.26. The second-order valence-corrected chi connectivity index (χ2v) is 22.3. The summed E-state index contributed by atoms with van der Waals surface area (Å²) in [7, 11) is 5.93. The van der Waals surface area contributed by atoms with Crippen LogP contribution < -0.4 is 5.11 Å². The summed E-state index contributed by atoms with van der Waals surface area (Å²) >= 11 is 0. The molecule has 0 heterocycles. The van der Waals surface area contributed by atoms with E-state index in [-0.39, 0.29) is 32.2 Å². The molecule has 0 amide bonds. The van der Waals surface area contributed by atoms with Gasteiger partial charge in [0.1, 0.15) is 13.2 Å². The second kappa shape index (κ2) is 56.5. The minimum absolute atomic E-state index is 0.147. The summed E-state index contributed by atoms with van der Waals surface area (Å²) in [6, 6.07) is 0. The number of ether oxygens (including phenoxy) is 4. The highest BCUT2D eigenvalue weighted by atomic mass is 16.7. The fraction of sp³-hybridized carbons (Fsp3) is 0.831. The van der Waals surface area contributed by atoms with Crippen molar-refractivity contribution in [2.24, 2.45) is 0 Å². The third kappa shape index (κ3) is 57.0. The molecular weight excluding hydrogens is 923 g/mol. The molecule has 0 saturated heterocycles. The SMILES string of the molecule is CC/C=C\C/C=C\C/C=C\C/C=C\CCCCCCCCCCCCC(=O)OC(COC(=O)CCCCCCCCCCCCCCCCCCCCCCCCCCCC)COC(OCC[N+](C)(C)C)C(=O)[O-]. The van der Waals surface area contributed by atoms with Crippen LogP contribution >= 0.6 is 0 Å². The number of nitrogens with zero attached hydrogens (tertiary/aromatic N) is 1. The highest BCUT2D eigenvalue weighted by Crippen LogP contribution is 2.18. The number of unbranched alkanes of at least 4 members (excludes halogenated alkanes) is 35. The first-order valence-electron chi connectivity index (χ1n) is 31.3. The molecule has 0 aliphatic heterocycles. The number of carboxylic acid groups (broad SMARTS) is 1. The molecule has 9 heteroatoms. The molecule has 0 aromatic carbocycles. The third-order valence-corrected chi connectivity index (χ3v) is 13.8. The smallest absolute Gasteiger partial charge is 0.306 e. The quantitative estimate of drug-likeness (QED) is 0.0195. The largest absolute Gasteiger partial charge is 0.545 e. The van der Waals surface area contributed by atoms with Crippen LogP contribution in [-0.4, -0.2) is 82.3 Å². The van der Waals surface area contributed by atoms with Crippen LogP contribution in [-0.2, 0) is 33.3 Å². The van der Waals surface area contributed by atoms with Gasteiger partial charge in [-0.25, -0.2) is 0 Å². The van der Waals surface area contributed by atoms with Gasteiger partial charge in [-0.3, -0.25) is 9.59 Å². The Bertz CT molecular complexity index is 1350. The van der Waals surface area contributed by atoms with Crippen molar-refractivity contribution in [3.05, 3.63) is 48.6 Å². The van der Waals surface area contributed by atoms with E-state index in [1.165, 1.54) is 186 Å². The molecule has 0 N–H and O–H groups in total. The summed E-state index contributed by atoms with van der Waals surface area (Å²) < 4.78 is 22.8. The van der Waals surface area contributed by atoms with Crippen LogP contribution in [0.5, 0.6) is 0 Å². The predicted molar refractivity (Wildman–Crippen MR) is 311 cm³/mol. The van der Waals surface area contributed by atoms with Gasteiger partial charge < -0.3 is 33.3 Å². The number of carbonyl (C=O) groups is 3. The number of aliphatic carboxylic acids is 1. The first-order chi connectivity index (χ1) is 36.1. The van der Waals surface area contributed by atoms with Crippen molar-refractivity contribution < 1.29 is 42.9 Å². The Morgan fingerprint density at radius 3 is 1.15 bits per heavy atom. The van der Waals surface area contributed by atoms with E-state index >= 15 is 0 Å². The highest BCUT2D eigenvalue weighted by molar-refractivity contribution is 5.70. The number of allylic oxidation sites excluding steroid dienone is 8. The van der Waals surface area contributed by atoms with Crippen LogP contribution in [0.1, 0.15) is 290 Å². The summed E-state index contributed by atoms with van der Waals surface area (Å²) in [4.78, 5) is 37.4. The van der Waals surface area contributed by atoms with Gasteiger partial charge in [-0.15, -0.1) is 0 Å². The number of hydrogen-bond donors (Lipinski definition) is 0. The summed E-state index contributed by atoms with van der Waals surface area (Å²) in [6.45, 7) is 4.68. The number of quaternary nitrogens is 1. The highest BCUT2D eigenvalue weighted by Gasteiger charge is 2.22. The number of likely N-dealkylation sites (N-methyl/N-ethyl adjacent to an activating group) is 1. The average molecular weight is 1040 g/mol. The minimum Gasteiger partial charge on any atom is -0.545 e. The normalized spacial score (nSPS) is 13.0. The van der Waals surface area contributed by atoms with Gasteiger partial charge in [-0.1, -0.05) is 274 Å². The van der Waals surface area contributed by atoms with Gasteiger partial charge in [0.15, 0.2) is 12.4 Å². The van der Waals surface area contributed by atoms with Gasteiger partial charge in [0.05, 0.1) is 40.3 Å². The molecule has 0 saturated carbocycles. The summed E-state index contributed by atoms with van der Waals surface area (Å²) in [5.41, 5.74) is 0. The number of carbonyl (C=O) groups excluding carboxylic acids is 3. The van der Waals surface area contributed by atoms with E-state index in [2.05, 4.69) is 62.5 Å². The predicted octanol–water partition coefficient (Wildman–Crippen LogP) is 17.3. The summed E-state index contributed by atoms with van der Waals surface area (Å²) in [6.07, 6.45) is 67.4. The lowest BCUT2D eigenvalue weighted by atomic mass is 10.0. The molecule has 0 aliphatic rings. The number of rotatable bonds is 58. The van der Waals surface area contributed by atoms with Gasteiger partial charge in [0.25, 0.3) is 0 Å². The maximum absolute atomic E-state index is 12.9. The number of hydrogen-bond acceptors (Lipinski definition) is 8. The van der Waals surface area contributed by atoms with Crippen molar-refractivity contribution in [1.82, 2.24) is 0 Å². The summed E-state index contributed by atoms with van der Waals surface area (Å²) in [5, 5.41) is 11.8. The summed E-state index contributed by atoms with van der Waals surface area (Å²) in [5.74, 6) is -2.27. The van der Waals surface area contributed by atoms with Crippen molar-refractivity contribution in [2.75, 3.05) is 47.5 Å². The van der Waals surface area contributed by atoms with E-state index < -0.39 is 24.3 Å². The van der Waals surface area contributed by atoms with Crippen molar-refractivity contribution in [1.29, 1.82) is 0 Å². The van der Waals surface area contributed by atoms with Gasteiger partial charge in [0, 0.05) is 12.8 Å². The molecule has 9 nitrogen and oxygen atoms in total. The van der Waals surface area contributed by atoms with Crippen LogP contribution in [0.2, 0.25) is 0 Å². The maximum Gasteiger partial charge on any atom is 0.306 e.